The second-order valence-electron chi connectivity index (χ2n) is 7.62. The van der Waals surface area contributed by atoms with Crippen molar-refractivity contribution >= 4 is 28.7 Å². The third-order valence-electron chi connectivity index (χ3n) is 5.47. The van der Waals surface area contributed by atoms with E-state index in [1.807, 2.05) is 6.07 Å². The highest BCUT2D eigenvalue weighted by Crippen LogP contribution is 2.32. The Morgan fingerprint density at radius 2 is 1.93 bits per heavy atom. The third kappa shape index (κ3) is 3.52. The van der Waals surface area contributed by atoms with E-state index in [9.17, 15) is 4.39 Å². The normalized spacial score (nSPS) is 17.8. The molecule has 0 atom stereocenters. The number of rotatable bonds is 6. The van der Waals surface area contributed by atoms with E-state index in [-0.39, 0.29) is 11.9 Å². The van der Waals surface area contributed by atoms with E-state index in [0.717, 1.165) is 44.0 Å². The molecule has 1 aliphatic carbocycles. The van der Waals surface area contributed by atoms with Crippen LogP contribution in [0.2, 0.25) is 0 Å². The van der Waals surface area contributed by atoms with Crippen molar-refractivity contribution in [2.75, 3.05) is 30.3 Å². The van der Waals surface area contributed by atoms with Gasteiger partial charge in [-0.25, -0.2) is 14.4 Å². The van der Waals surface area contributed by atoms with Gasteiger partial charge >= 0.3 is 0 Å². The minimum atomic E-state index is -0.302. The molecule has 8 heteroatoms. The number of aromatic nitrogens is 4. The Morgan fingerprint density at radius 1 is 1.11 bits per heavy atom. The molecule has 2 fully saturated rings. The lowest BCUT2D eigenvalue weighted by Gasteiger charge is -2.26. The number of halogens is 1. The Bertz CT molecular complexity index is 976. The SMILES string of the molecule is Fc1ccccc1Nc1nc2cnc(NCC3CC3)nc2n1C1CCNCC1. The smallest absolute Gasteiger partial charge is 0.224 e. The van der Waals surface area contributed by atoms with Crippen molar-refractivity contribution < 1.29 is 4.39 Å². The summed E-state index contributed by atoms with van der Waals surface area (Å²) >= 11 is 0. The summed E-state index contributed by atoms with van der Waals surface area (Å²) in [5.41, 5.74) is 1.92. The number of para-hydroxylation sites is 1. The second kappa shape index (κ2) is 7.35. The van der Waals surface area contributed by atoms with Crippen molar-refractivity contribution in [2.45, 2.75) is 31.7 Å². The molecule has 146 valence electrons. The lowest BCUT2D eigenvalue weighted by Crippen LogP contribution is -2.30. The molecule has 0 spiro atoms. The van der Waals surface area contributed by atoms with Gasteiger partial charge in [-0.2, -0.15) is 4.98 Å². The predicted molar refractivity (Wildman–Crippen MR) is 107 cm³/mol. The number of piperidine rings is 1. The zero-order valence-corrected chi connectivity index (χ0v) is 15.7. The van der Waals surface area contributed by atoms with E-state index in [1.54, 1.807) is 18.3 Å². The predicted octanol–water partition coefficient (Wildman–Crippen LogP) is 3.46. The first-order valence-electron chi connectivity index (χ1n) is 9.99. The summed E-state index contributed by atoms with van der Waals surface area (Å²) in [7, 11) is 0. The molecule has 1 saturated heterocycles. The topological polar surface area (TPSA) is 79.7 Å². The van der Waals surface area contributed by atoms with Gasteiger partial charge in [-0.05, 0) is 56.8 Å². The van der Waals surface area contributed by atoms with Gasteiger partial charge in [0, 0.05) is 12.6 Å². The summed E-state index contributed by atoms with van der Waals surface area (Å²) in [6.07, 6.45) is 6.26. The van der Waals surface area contributed by atoms with Gasteiger partial charge in [0.25, 0.3) is 0 Å². The Morgan fingerprint density at radius 3 is 2.71 bits per heavy atom. The number of fused-ring (bicyclic) bond motifs is 1. The summed E-state index contributed by atoms with van der Waals surface area (Å²) in [5.74, 6) is 1.68. The Labute approximate surface area is 162 Å². The molecule has 3 N–H and O–H groups in total. The van der Waals surface area contributed by atoms with Crippen molar-refractivity contribution in [1.82, 2.24) is 24.8 Å². The maximum Gasteiger partial charge on any atom is 0.224 e. The van der Waals surface area contributed by atoms with E-state index in [2.05, 4.69) is 30.5 Å². The van der Waals surface area contributed by atoms with Crippen LogP contribution in [0.1, 0.15) is 31.7 Å². The van der Waals surface area contributed by atoms with Crippen LogP contribution in [0.25, 0.3) is 11.2 Å². The number of imidazole rings is 1. The maximum absolute atomic E-state index is 14.2. The van der Waals surface area contributed by atoms with E-state index >= 15 is 0 Å². The van der Waals surface area contributed by atoms with Crippen molar-refractivity contribution in [3.8, 4) is 0 Å². The molecule has 1 aromatic carbocycles. The molecule has 3 aromatic rings. The van der Waals surface area contributed by atoms with Crippen LogP contribution >= 0.6 is 0 Å². The number of nitrogens with zero attached hydrogens (tertiary/aromatic N) is 4. The van der Waals surface area contributed by atoms with Crippen LogP contribution < -0.4 is 16.0 Å². The van der Waals surface area contributed by atoms with E-state index < -0.39 is 0 Å². The van der Waals surface area contributed by atoms with Gasteiger partial charge in [0.15, 0.2) is 5.65 Å². The van der Waals surface area contributed by atoms with Gasteiger partial charge in [-0.1, -0.05) is 12.1 Å². The summed E-state index contributed by atoms with van der Waals surface area (Å²) < 4.78 is 16.3. The van der Waals surface area contributed by atoms with Crippen LogP contribution in [0.3, 0.4) is 0 Å². The number of hydrogen-bond acceptors (Lipinski definition) is 6. The zero-order valence-electron chi connectivity index (χ0n) is 15.7. The average Bonchev–Trinajstić information content (AvgIpc) is 3.49. The Kier molecular flexibility index (Phi) is 4.56. The highest BCUT2D eigenvalue weighted by Gasteiger charge is 2.24. The number of hydrogen-bond donors (Lipinski definition) is 3. The molecule has 3 heterocycles. The molecule has 0 amide bonds. The average molecular weight is 381 g/mol. The standard InChI is InChI=1S/C20H24FN7/c21-15-3-1-2-4-16(15)25-20-26-17-12-24-19(23-11-13-5-6-13)27-18(17)28(20)14-7-9-22-10-8-14/h1-4,12-14,22H,5-11H2,(H,25,26)(H,23,24,27). The van der Waals surface area contributed by atoms with Crippen molar-refractivity contribution in [1.29, 1.82) is 0 Å². The molecule has 7 nitrogen and oxygen atoms in total. The second-order valence-corrected chi connectivity index (χ2v) is 7.62. The van der Waals surface area contributed by atoms with Gasteiger partial charge < -0.3 is 16.0 Å². The summed E-state index contributed by atoms with van der Waals surface area (Å²) in [5, 5.41) is 9.91. The fourth-order valence-corrected chi connectivity index (χ4v) is 3.72. The highest BCUT2D eigenvalue weighted by molar-refractivity contribution is 5.76. The summed E-state index contributed by atoms with van der Waals surface area (Å²) in [6, 6.07) is 6.91. The van der Waals surface area contributed by atoms with Gasteiger partial charge in [0.2, 0.25) is 11.9 Å². The first-order valence-corrected chi connectivity index (χ1v) is 9.99. The molecule has 5 rings (SSSR count). The van der Waals surface area contributed by atoms with Crippen LogP contribution in [0.15, 0.2) is 30.5 Å². The lowest BCUT2D eigenvalue weighted by molar-refractivity contribution is 0.376. The number of benzene rings is 1. The first-order chi connectivity index (χ1) is 13.8. The Hall–Kier alpha value is -2.74. The monoisotopic (exact) mass is 381 g/mol. The summed E-state index contributed by atoms with van der Waals surface area (Å²) in [6.45, 7) is 2.80. The van der Waals surface area contributed by atoms with E-state index in [0.29, 0.717) is 23.1 Å². The molecule has 2 aliphatic rings. The third-order valence-corrected chi connectivity index (χ3v) is 5.47. The van der Waals surface area contributed by atoms with Gasteiger partial charge in [0.05, 0.1) is 11.9 Å². The van der Waals surface area contributed by atoms with Gasteiger partial charge in [-0.3, -0.25) is 4.57 Å². The number of anilines is 3. The van der Waals surface area contributed by atoms with Crippen LogP contribution in [-0.2, 0) is 0 Å². The van der Waals surface area contributed by atoms with Gasteiger partial charge in [-0.15, -0.1) is 0 Å². The molecule has 28 heavy (non-hydrogen) atoms. The molecule has 1 saturated carbocycles. The largest absolute Gasteiger partial charge is 0.354 e. The van der Waals surface area contributed by atoms with Crippen molar-refractivity contribution in [2.24, 2.45) is 5.92 Å². The minimum Gasteiger partial charge on any atom is -0.354 e. The number of nitrogens with one attached hydrogen (secondary N) is 3. The molecular formula is C20H24FN7. The first kappa shape index (κ1) is 17.4. The fraction of sp³-hybridized carbons (Fsp3) is 0.450. The van der Waals surface area contributed by atoms with Crippen molar-refractivity contribution in [3.05, 3.63) is 36.3 Å². The van der Waals surface area contributed by atoms with Crippen LogP contribution in [-0.4, -0.2) is 39.2 Å². The molecular weight excluding hydrogens is 357 g/mol. The minimum absolute atomic E-state index is 0.256. The highest BCUT2D eigenvalue weighted by atomic mass is 19.1. The Balaban J connectivity index is 1.54. The maximum atomic E-state index is 14.2. The van der Waals surface area contributed by atoms with Crippen LogP contribution in [0.5, 0.6) is 0 Å². The molecule has 0 unspecified atom stereocenters. The van der Waals surface area contributed by atoms with Gasteiger partial charge in [0.1, 0.15) is 11.3 Å². The van der Waals surface area contributed by atoms with Crippen molar-refractivity contribution in [3.63, 3.8) is 0 Å². The van der Waals surface area contributed by atoms with Crippen LogP contribution in [0, 0.1) is 11.7 Å². The molecule has 0 radical (unpaired) electrons. The molecule has 0 bridgehead atoms. The van der Waals surface area contributed by atoms with E-state index in [1.165, 1.54) is 18.9 Å². The summed E-state index contributed by atoms with van der Waals surface area (Å²) in [4.78, 5) is 13.9. The fourth-order valence-electron chi connectivity index (χ4n) is 3.72. The quantitative estimate of drug-likeness (QED) is 0.607. The molecule has 1 aliphatic heterocycles. The molecule has 2 aromatic heterocycles. The van der Waals surface area contributed by atoms with Crippen LogP contribution in [0.4, 0.5) is 22.0 Å². The lowest BCUT2D eigenvalue weighted by atomic mass is 10.1. The zero-order chi connectivity index (χ0) is 18.9. The van der Waals surface area contributed by atoms with E-state index in [4.69, 9.17) is 4.98 Å².